The molecule has 5 rings (SSSR count). The number of amides is 2. The first-order valence-electron chi connectivity index (χ1n) is 11.3. The fourth-order valence-corrected chi connectivity index (χ4v) is 4.45. The lowest BCUT2D eigenvalue weighted by atomic mass is 10.0. The summed E-state index contributed by atoms with van der Waals surface area (Å²) in [6, 6.07) is 20.6. The van der Waals surface area contributed by atoms with Crippen LogP contribution in [-0.4, -0.2) is 56.3 Å². The first-order valence-corrected chi connectivity index (χ1v) is 11.7. The summed E-state index contributed by atoms with van der Waals surface area (Å²) in [5, 5.41) is 9.08. The van der Waals surface area contributed by atoms with Crippen LogP contribution < -0.4 is 0 Å². The summed E-state index contributed by atoms with van der Waals surface area (Å²) >= 11 is 6.30. The standard InChI is InChI=1S/C27H22ClN5O3/c1-31(2)15-23-29-30-24(16-32-26(35)19-10-6-7-11-20(19)27(32)36)33(23)22-13-12-18(28)14-21(22)25(34)17-8-4-3-5-9-17/h3-14H,15-16H2,1-2H3. The number of fused-ring (bicyclic) bond motifs is 1. The Morgan fingerprint density at radius 1 is 0.861 bits per heavy atom. The molecular formula is C27H22ClN5O3. The lowest BCUT2D eigenvalue weighted by Gasteiger charge is -2.19. The van der Waals surface area contributed by atoms with Crippen LogP contribution in [0.3, 0.4) is 0 Å². The molecule has 0 spiro atoms. The first-order chi connectivity index (χ1) is 17.3. The number of carbonyl (C=O) groups excluding carboxylic acids is 3. The molecule has 36 heavy (non-hydrogen) atoms. The Labute approximate surface area is 212 Å². The van der Waals surface area contributed by atoms with E-state index in [4.69, 9.17) is 11.6 Å². The number of imide groups is 1. The van der Waals surface area contributed by atoms with Crippen molar-refractivity contribution in [3.8, 4) is 5.69 Å². The molecule has 1 aliphatic heterocycles. The van der Waals surface area contributed by atoms with E-state index in [2.05, 4.69) is 10.2 Å². The van der Waals surface area contributed by atoms with Gasteiger partial charge >= 0.3 is 0 Å². The highest BCUT2D eigenvalue weighted by Gasteiger charge is 2.36. The molecule has 0 fully saturated rings. The number of ketones is 1. The molecule has 1 aromatic heterocycles. The Morgan fingerprint density at radius 3 is 2.11 bits per heavy atom. The molecule has 3 aromatic carbocycles. The Kier molecular flexibility index (Phi) is 6.22. The predicted octanol–water partition coefficient (Wildman–Crippen LogP) is 4.01. The van der Waals surface area contributed by atoms with E-state index in [9.17, 15) is 14.4 Å². The van der Waals surface area contributed by atoms with Gasteiger partial charge in [0.05, 0.1) is 29.9 Å². The molecule has 1 aliphatic rings. The van der Waals surface area contributed by atoms with Crippen molar-refractivity contribution >= 4 is 29.2 Å². The average Bonchev–Trinajstić information content (AvgIpc) is 3.37. The Bertz CT molecular complexity index is 1460. The highest BCUT2D eigenvalue weighted by Crippen LogP contribution is 2.28. The maximum absolute atomic E-state index is 13.5. The van der Waals surface area contributed by atoms with Crippen molar-refractivity contribution in [2.45, 2.75) is 13.1 Å². The number of rotatable bonds is 7. The van der Waals surface area contributed by atoms with E-state index in [0.717, 1.165) is 4.90 Å². The molecule has 180 valence electrons. The summed E-state index contributed by atoms with van der Waals surface area (Å²) < 4.78 is 1.73. The first kappa shape index (κ1) is 23.6. The third-order valence-corrected chi connectivity index (χ3v) is 6.15. The van der Waals surface area contributed by atoms with Crippen LogP contribution in [0, 0.1) is 0 Å². The van der Waals surface area contributed by atoms with Gasteiger partial charge in [-0.3, -0.25) is 23.9 Å². The van der Waals surface area contributed by atoms with Gasteiger partial charge in [-0.1, -0.05) is 54.1 Å². The predicted molar refractivity (Wildman–Crippen MR) is 134 cm³/mol. The molecule has 9 heteroatoms. The fourth-order valence-electron chi connectivity index (χ4n) is 4.27. The quantitative estimate of drug-likeness (QED) is 0.282. The topological polar surface area (TPSA) is 88.4 Å². The van der Waals surface area contributed by atoms with Crippen molar-refractivity contribution in [1.82, 2.24) is 24.6 Å². The van der Waals surface area contributed by atoms with Gasteiger partial charge in [-0.2, -0.15) is 0 Å². The molecule has 0 saturated heterocycles. The summed E-state index contributed by atoms with van der Waals surface area (Å²) in [5.74, 6) is -0.0990. The summed E-state index contributed by atoms with van der Waals surface area (Å²) in [6.07, 6.45) is 0. The van der Waals surface area contributed by atoms with Crippen molar-refractivity contribution in [2.24, 2.45) is 0 Å². The zero-order valence-electron chi connectivity index (χ0n) is 19.7. The molecule has 0 unspecified atom stereocenters. The number of benzene rings is 3. The smallest absolute Gasteiger partial charge is 0.261 e. The van der Waals surface area contributed by atoms with E-state index in [1.807, 2.05) is 25.1 Å². The minimum atomic E-state index is -0.393. The summed E-state index contributed by atoms with van der Waals surface area (Å²) in [4.78, 5) is 42.6. The number of aromatic nitrogens is 3. The summed E-state index contributed by atoms with van der Waals surface area (Å²) in [5.41, 5.74) is 2.09. The number of hydrogen-bond acceptors (Lipinski definition) is 6. The Hall–Kier alpha value is -4.14. The van der Waals surface area contributed by atoms with Crippen LogP contribution >= 0.6 is 11.6 Å². The van der Waals surface area contributed by atoms with E-state index in [1.165, 1.54) is 0 Å². The maximum Gasteiger partial charge on any atom is 0.261 e. The van der Waals surface area contributed by atoms with Gasteiger partial charge in [-0.05, 0) is 44.4 Å². The van der Waals surface area contributed by atoms with Crippen LogP contribution in [0.5, 0.6) is 0 Å². The van der Waals surface area contributed by atoms with Crippen molar-refractivity contribution < 1.29 is 14.4 Å². The van der Waals surface area contributed by atoms with Crippen LogP contribution in [0.25, 0.3) is 5.69 Å². The molecular weight excluding hydrogens is 478 g/mol. The monoisotopic (exact) mass is 499 g/mol. The molecule has 0 saturated carbocycles. The number of halogens is 1. The van der Waals surface area contributed by atoms with E-state index >= 15 is 0 Å². The lowest BCUT2D eigenvalue weighted by molar-refractivity contribution is 0.0637. The average molecular weight is 500 g/mol. The largest absolute Gasteiger partial charge is 0.302 e. The third kappa shape index (κ3) is 4.21. The zero-order chi connectivity index (χ0) is 25.4. The van der Waals surface area contributed by atoms with Gasteiger partial charge < -0.3 is 4.90 Å². The Morgan fingerprint density at radius 2 is 1.47 bits per heavy atom. The van der Waals surface area contributed by atoms with Crippen LogP contribution in [0.1, 0.15) is 48.3 Å². The van der Waals surface area contributed by atoms with Crippen LogP contribution in [0.2, 0.25) is 5.02 Å². The van der Waals surface area contributed by atoms with Crippen molar-refractivity contribution in [3.05, 3.63) is 112 Å². The molecule has 0 bridgehead atoms. The SMILES string of the molecule is CN(C)Cc1nnc(CN2C(=O)c3ccccc3C2=O)n1-c1ccc(Cl)cc1C(=O)c1ccccc1. The van der Waals surface area contributed by atoms with Gasteiger partial charge in [0.2, 0.25) is 0 Å². The van der Waals surface area contributed by atoms with Crippen molar-refractivity contribution in [3.63, 3.8) is 0 Å². The second-order valence-electron chi connectivity index (χ2n) is 8.70. The highest BCUT2D eigenvalue weighted by atomic mass is 35.5. The van der Waals surface area contributed by atoms with Gasteiger partial charge in [0.15, 0.2) is 17.4 Å². The van der Waals surface area contributed by atoms with E-state index < -0.39 is 11.8 Å². The zero-order valence-corrected chi connectivity index (χ0v) is 20.4. The molecule has 4 aromatic rings. The number of carbonyl (C=O) groups is 3. The minimum absolute atomic E-state index is 0.103. The molecule has 0 N–H and O–H groups in total. The molecule has 0 aliphatic carbocycles. The third-order valence-electron chi connectivity index (χ3n) is 5.91. The Balaban J connectivity index is 1.62. The summed E-state index contributed by atoms with van der Waals surface area (Å²) in [6.45, 7) is 0.311. The van der Waals surface area contributed by atoms with Gasteiger partial charge in [-0.15, -0.1) is 10.2 Å². The normalized spacial score (nSPS) is 12.9. The highest BCUT2D eigenvalue weighted by molar-refractivity contribution is 6.31. The van der Waals surface area contributed by atoms with Gasteiger partial charge in [0.1, 0.15) is 0 Å². The van der Waals surface area contributed by atoms with Gasteiger partial charge in [0, 0.05) is 16.1 Å². The summed E-state index contributed by atoms with van der Waals surface area (Å²) in [7, 11) is 3.78. The lowest BCUT2D eigenvalue weighted by Crippen LogP contribution is -2.31. The maximum atomic E-state index is 13.5. The molecule has 2 amide bonds. The second kappa shape index (κ2) is 9.49. The molecule has 0 atom stereocenters. The molecule has 0 radical (unpaired) electrons. The number of hydrogen-bond donors (Lipinski definition) is 0. The number of nitrogens with zero attached hydrogens (tertiary/aromatic N) is 5. The van der Waals surface area contributed by atoms with Gasteiger partial charge in [-0.25, -0.2) is 0 Å². The van der Waals surface area contributed by atoms with Crippen LogP contribution in [0.4, 0.5) is 0 Å². The second-order valence-corrected chi connectivity index (χ2v) is 9.14. The molecule has 8 nitrogen and oxygen atoms in total. The van der Waals surface area contributed by atoms with Crippen molar-refractivity contribution in [1.29, 1.82) is 0 Å². The van der Waals surface area contributed by atoms with Crippen molar-refractivity contribution in [2.75, 3.05) is 14.1 Å². The van der Waals surface area contributed by atoms with Gasteiger partial charge in [0.25, 0.3) is 11.8 Å². The van der Waals surface area contributed by atoms with Crippen LogP contribution in [0.15, 0.2) is 72.8 Å². The minimum Gasteiger partial charge on any atom is -0.302 e. The van der Waals surface area contributed by atoms with Crippen LogP contribution in [-0.2, 0) is 13.1 Å². The fraction of sp³-hybridized carbons (Fsp3) is 0.148. The molecule has 2 heterocycles. The van der Waals surface area contributed by atoms with E-state index in [0.29, 0.717) is 51.2 Å². The van der Waals surface area contributed by atoms with E-state index in [1.54, 1.807) is 71.3 Å². The van der Waals surface area contributed by atoms with E-state index in [-0.39, 0.29) is 12.3 Å².